The monoisotopic (exact) mass is 418 g/mol. The number of rotatable bonds is 5. The summed E-state index contributed by atoms with van der Waals surface area (Å²) in [5, 5.41) is 0.972. The minimum atomic E-state index is -0.435. The Labute approximate surface area is 177 Å². The van der Waals surface area contributed by atoms with Crippen molar-refractivity contribution in [3.05, 3.63) is 110 Å². The number of benzene rings is 3. The second-order valence-corrected chi connectivity index (χ2v) is 7.41. The van der Waals surface area contributed by atoms with Crippen LogP contribution in [-0.2, 0) is 6.54 Å². The number of aromatic nitrogens is 2. The smallest absolute Gasteiger partial charge is 0.294 e. The van der Waals surface area contributed by atoms with Crippen molar-refractivity contribution in [1.82, 2.24) is 9.13 Å². The van der Waals surface area contributed by atoms with Crippen molar-refractivity contribution in [2.75, 3.05) is 0 Å². The molecule has 1 heterocycles. The van der Waals surface area contributed by atoms with E-state index in [1.807, 2.05) is 19.1 Å². The van der Waals surface area contributed by atoms with Crippen LogP contribution in [0.25, 0.3) is 16.6 Å². The first-order valence-electron chi connectivity index (χ1n) is 9.62. The molecule has 0 aliphatic rings. The Morgan fingerprint density at radius 3 is 2.23 bits per heavy atom. The highest BCUT2D eigenvalue weighted by Gasteiger charge is 2.15. The summed E-state index contributed by atoms with van der Waals surface area (Å²) in [6.07, 6.45) is 0.440. The van der Waals surface area contributed by atoms with E-state index in [2.05, 4.69) is 0 Å². The third kappa shape index (κ3) is 3.60. The van der Waals surface area contributed by atoms with Crippen LogP contribution in [0.4, 0.5) is 0 Å². The van der Waals surface area contributed by atoms with Gasteiger partial charge >= 0.3 is 5.69 Å². The second-order valence-electron chi connectivity index (χ2n) is 6.98. The number of carbonyl (C=O) groups is 1. The van der Waals surface area contributed by atoms with Crippen LogP contribution in [0, 0.1) is 0 Å². The van der Waals surface area contributed by atoms with Crippen molar-refractivity contribution < 1.29 is 4.79 Å². The molecule has 0 bridgehead atoms. The van der Waals surface area contributed by atoms with Gasteiger partial charge in [0.1, 0.15) is 0 Å². The molecule has 3 aromatic carbocycles. The van der Waals surface area contributed by atoms with Gasteiger partial charge in [-0.2, -0.15) is 0 Å². The van der Waals surface area contributed by atoms with Crippen LogP contribution in [-0.4, -0.2) is 14.9 Å². The fourth-order valence-corrected chi connectivity index (χ4v) is 3.60. The lowest BCUT2D eigenvalue weighted by Crippen LogP contribution is -2.39. The Balaban J connectivity index is 1.89. The summed E-state index contributed by atoms with van der Waals surface area (Å²) in [7, 11) is 0. The van der Waals surface area contributed by atoms with E-state index in [1.165, 1.54) is 0 Å². The first kappa shape index (κ1) is 19.9. The zero-order chi connectivity index (χ0) is 21.3. The highest BCUT2D eigenvalue weighted by molar-refractivity contribution is 6.30. The van der Waals surface area contributed by atoms with Crippen molar-refractivity contribution >= 4 is 28.3 Å². The third-order valence-electron chi connectivity index (χ3n) is 5.07. The number of ketones is 1. The average molecular weight is 419 g/mol. The van der Waals surface area contributed by atoms with Gasteiger partial charge in [-0.3, -0.25) is 14.2 Å². The molecule has 0 aliphatic carbocycles. The molecule has 5 nitrogen and oxygen atoms in total. The van der Waals surface area contributed by atoms with Crippen molar-refractivity contribution in [2.45, 2.75) is 19.9 Å². The van der Waals surface area contributed by atoms with E-state index in [0.29, 0.717) is 33.6 Å². The summed E-state index contributed by atoms with van der Waals surface area (Å²) < 4.78 is 2.73. The Morgan fingerprint density at radius 2 is 1.57 bits per heavy atom. The van der Waals surface area contributed by atoms with Gasteiger partial charge in [-0.25, -0.2) is 9.36 Å². The van der Waals surface area contributed by atoms with Crippen molar-refractivity contribution in [1.29, 1.82) is 0 Å². The van der Waals surface area contributed by atoms with Crippen LogP contribution in [0.5, 0.6) is 0 Å². The Hall–Kier alpha value is -3.44. The molecule has 0 saturated carbocycles. The maximum Gasteiger partial charge on any atom is 0.336 e. The predicted molar refractivity (Wildman–Crippen MR) is 119 cm³/mol. The molecule has 0 N–H and O–H groups in total. The molecule has 1 aromatic heterocycles. The van der Waals surface area contributed by atoms with Gasteiger partial charge in [-0.15, -0.1) is 0 Å². The summed E-state index contributed by atoms with van der Waals surface area (Å²) in [4.78, 5) is 38.3. The average Bonchev–Trinajstić information content (AvgIpc) is 2.78. The van der Waals surface area contributed by atoms with Crippen molar-refractivity contribution in [2.24, 2.45) is 0 Å². The third-order valence-corrected chi connectivity index (χ3v) is 5.33. The lowest BCUT2D eigenvalue weighted by atomic mass is 10.1. The van der Waals surface area contributed by atoms with E-state index in [0.717, 1.165) is 10.1 Å². The second kappa shape index (κ2) is 8.13. The maximum absolute atomic E-state index is 13.4. The highest BCUT2D eigenvalue weighted by atomic mass is 35.5. The number of nitrogens with zero attached hydrogens (tertiary/aromatic N) is 2. The summed E-state index contributed by atoms with van der Waals surface area (Å²) in [6, 6.07) is 20.8. The molecule has 150 valence electrons. The van der Waals surface area contributed by atoms with E-state index >= 15 is 0 Å². The zero-order valence-electron chi connectivity index (χ0n) is 16.3. The fourth-order valence-electron chi connectivity index (χ4n) is 3.47. The minimum Gasteiger partial charge on any atom is -0.294 e. The lowest BCUT2D eigenvalue weighted by Gasteiger charge is -2.14. The minimum absolute atomic E-state index is 0.0699. The number of para-hydroxylation sites is 1. The zero-order valence-corrected chi connectivity index (χ0v) is 17.1. The van der Waals surface area contributed by atoms with Crippen LogP contribution < -0.4 is 11.2 Å². The summed E-state index contributed by atoms with van der Waals surface area (Å²) in [5.74, 6) is 0.0699. The molecular formula is C24H19ClN2O3. The van der Waals surface area contributed by atoms with E-state index in [9.17, 15) is 14.4 Å². The largest absolute Gasteiger partial charge is 0.336 e. The van der Waals surface area contributed by atoms with Crippen LogP contribution in [0.2, 0.25) is 5.02 Å². The van der Waals surface area contributed by atoms with Crippen LogP contribution >= 0.6 is 11.6 Å². The van der Waals surface area contributed by atoms with Crippen molar-refractivity contribution in [3.8, 4) is 5.69 Å². The molecule has 0 aliphatic heterocycles. The summed E-state index contributed by atoms with van der Waals surface area (Å²) in [5.41, 5.74) is 1.71. The summed E-state index contributed by atoms with van der Waals surface area (Å²) in [6.45, 7) is 2.09. The highest BCUT2D eigenvalue weighted by Crippen LogP contribution is 2.15. The molecule has 0 fully saturated rings. The number of hydrogen-bond donors (Lipinski definition) is 0. The topological polar surface area (TPSA) is 61.1 Å². The van der Waals surface area contributed by atoms with E-state index in [-0.39, 0.29) is 17.9 Å². The van der Waals surface area contributed by atoms with Gasteiger partial charge in [-0.05, 0) is 42.0 Å². The fraction of sp³-hybridized carbons (Fsp3) is 0.125. The molecule has 0 spiro atoms. The Bertz CT molecular complexity index is 1350. The van der Waals surface area contributed by atoms with Crippen LogP contribution in [0.15, 0.2) is 82.4 Å². The van der Waals surface area contributed by atoms with Gasteiger partial charge in [-0.1, -0.05) is 54.9 Å². The van der Waals surface area contributed by atoms with E-state index < -0.39 is 5.69 Å². The van der Waals surface area contributed by atoms with Crippen molar-refractivity contribution in [3.63, 3.8) is 0 Å². The molecule has 0 atom stereocenters. The van der Waals surface area contributed by atoms with Gasteiger partial charge in [0.25, 0.3) is 5.56 Å². The Kier molecular flexibility index (Phi) is 5.38. The lowest BCUT2D eigenvalue weighted by molar-refractivity contribution is 0.0988. The molecule has 4 aromatic rings. The number of hydrogen-bond acceptors (Lipinski definition) is 3. The first-order chi connectivity index (χ1) is 14.5. The number of halogens is 1. The number of carbonyl (C=O) groups excluding carboxylic acids is 1. The van der Waals surface area contributed by atoms with Gasteiger partial charge in [0.2, 0.25) is 0 Å². The molecular weight excluding hydrogens is 400 g/mol. The molecule has 0 radical (unpaired) electrons. The van der Waals surface area contributed by atoms with E-state index in [1.54, 1.807) is 65.2 Å². The van der Waals surface area contributed by atoms with Gasteiger partial charge in [0.15, 0.2) is 5.78 Å². The molecule has 0 unspecified atom stereocenters. The maximum atomic E-state index is 13.4. The molecule has 0 saturated heterocycles. The van der Waals surface area contributed by atoms with Crippen LogP contribution in [0.1, 0.15) is 29.3 Å². The molecule has 6 heteroatoms. The SMILES string of the molecule is CCC(=O)c1ccc(Cn2c(=O)n(-c3ccc(Cl)cc3)c(=O)c3ccccc32)cc1. The van der Waals surface area contributed by atoms with Gasteiger partial charge in [0.05, 0.1) is 23.1 Å². The summed E-state index contributed by atoms with van der Waals surface area (Å²) >= 11 is 5.96. The number of fused-ring (bicyclic) bond motifs is 1. The van der Waals surface area contributed by atoms with Gasteiger partial charge < -0.3 is 0 Å². The van der Waals surface area contributed by atoms with Gasteiger partial charge in [0, 0.05) is 17.0 Å². The molecule has 30 heavy (non-hydrogen) atoms. The van der Waals surface area contributed by atoms with E-state index in [4.69, 9.17) is 11.6 Å². The number of Topliss-reactive ketones (excluding diaryl/α,β-unsaturated/α-hetero) is 1. The molecule has 0 amide bonds. The predicted octanol–water partition coefficient (Wildman–Crippen LogP) is 4.45. The Morgan fingerprint density at radius 1 is 0.900 bits per heavy atom. The quantitative estimate of drug-likeness (QED) is 0.450. The molecule has 4 rings (SSSR count). The normalized spacial score (nSPS) is 11.0. The van der Waals surface area contributed by atoms with Crippen LogP contribution in [0.3, 0.4) is 0 Å². The standard InChI is InChI=1S/C24H19ClN2O3/c1-2-22(28)17-9-7-16(8-10-17)15-26-21-6-4-3-5-20(21)23(29)27(24(26)30)19-13-11-18(25)12-14-19/h3-14H,2,15H2,1H3. The first-order valence-corrected chi connectivity index (χ1v) is 10.00.